The largest absolute Gasteiger partial charge is 0.367 e. The van der Waals surface area contributed by atoms with Crippen molar-refractivity contribution in [1.29, 1.82) is 0 Å². The lowest BCUT2D eigenvalue weighted by molar-refractivity contribution is -0.127. The van der Waals surface area contributed by atoms with Gasteiger partial charge >= 0.3 is 24.1 Å². The number of benzene rings is 5. The van der Waals surface area contributed by atoms with Gasteiger partial charge in [-0.05, 0) is 255 Å². The van der Waals surface area contributed by atoms with Gasteiger partial charge in [0.15, 0.2) is 0 Å². The van der Waals surface area contributed by atoms with Crippen LogP contribution >= 0.6 is 0 Å². The number of fused-ring (bicyclic) bond motifs is 1. The third-order valence-electron chi connectivity index (χ3n) is 29.7. The molecule has 2 aliphatic carbocycles. The highest BCUT2D eigenvalue weighted by atomic mass is 16.2. The van der Waals surface area contributed by atoms with Gasteiger partial charge in [0.05, 0.1) is 98.7 Å². The van der Waals surface area contributed by atoms with Gasteiger partial charge in [0, 0.05) is 110 Å². The normalized spacial score (nSPS) is 20.9. The minimum Gasteiger partial charge on any atom is -0.367 e. The molecule has 10 aliphatic heterocycles. The first-order chi connectivity index (χ1) is 68.9. The van der Waals surface area contributed by atoms with Crippen LogP contribution in [0.5, 0.6) is 0 Å². The van der Waals surface area contributed by atoms with E-state index < -0.39 is 16.6 Å². The molecule has 33 nitrogen and oxygen atoms in total. The van der Waals surface area contributed by atoms with Gasteiger partial charge in [-0.2, -0.15) is 0 Å². The second kappa shape index (κ2) is 46.8. The number of rotatable bonds is 26. The number of carbonyl (C=O) groups excluding carboxylic acids is 9. The lowest BCUT2D eigenvalue weighted by atomic mass is 9.90. The number of likely N-dealkylation sites (N-methyl/N-ethyl adjacent to an activating group) is 4. The summed E-state index contributed by atoms with van der Waals surface area (Å²) >= 11 is 0. The first-order valence-electron chi connectivity index (χ1n) is 50.5. The fraction of sp³-hybridized carbons (Fsp3) is 0.468. The molecule has 144 heavy (non-hydrogen) atoms. The molecule has 0 aromatic heterocycles. The van der Waals surface area contributed by atoms with E-state index in [9.17, 15) is 43.2 Å². The predicted molar refractivity (Wildman–Crippen MR) is 570 cm³/mol. The molecule has 12 aliphatic rings. The third kappa shape index (κ3) is 25.2. The highest BCUT2D eigenvalue weighted by Crippen LogP contribution is 2.55. The molecule has 13 amide bonds. The van der Waals surface area contributed by atoms with Crippen LogP contribution in [-0.4, -0.2) is 333 Å². The zero-order valence-corrected chi connectivity index (χ0v) is 86.4. The molecule has 5 atom stereocenters. The van der Waals surface area contributed by atoms with E-state index in [-0.39, 0.29) is 101 Å². The topological polar surface area (TPSA) is 356 Å². The van der Waals surface area contributed by atoms with E-state index in [1.165, 1.54) is 41.0 Å². The summed E-state index contributed by atoms with van der Waals surface area (Å²) in [6, 6.07) is 47.2. The summed E-state index contributed by atoms with van der Waals surface area (Å²) in [4.78, 5) is 153. The maximum Gasteiger partial charge on any atom is 0.318 e. The lowest BCUT2D eigenvalue weighted by Crippen LogP contribution is -2.52. The molecule has 5 aromatic carbocycles. The Bertz CT molecular complexity index is 5820. The molecule has 5 aromatic rings. The van der Waals surface area contributed by atoms with E-state index in [1.54, 1.807) is 24.3 Å². The standard InChI is InChI=1S/C29H32N6O3.C28H40N6O2.2C27H38N6O2/c1-4-25(36)31-21-12-10-20(11-13-21)27(37)33-26-22-17-35(29(14-15-29)23(22)16-30-26)28(38)32-24(18-34(2)3)19-8-6-5-7-9-19;1-6-25(35)30-20-12-14-21(15-13-20)31-26-22-17-34(28(2,3)23(22)16-29-26)27(36)32-24(18-33(4)5)19-10-8-7-9-11-19;1-6-24(34)32-14-10-13-20(16-32)29-25-21-17-33(27(2,3)22(21)15-28-25)26(35)30-23(18-31(4)5)19-11-8-7-9-12-19;1-6-24(34)32-14-12-20(13-15-32)29-25-21-17-33(27(2,3)22(21)16-28-25)26(35)30-23(18-31(4)5)19-10-8-7-9-11-19/h4-13,24H,1,14-18H2,2-3H3,(H,31,36)(H,32,38)(H,30,33,37);6-11,20-21,24H,1,12-18H2,2-5H3,(H,29,31)(H,30,35)(H,32,36);6-9,11-12,20,23H,1,10,13-18H2,2-5H3,(H,28,29)(H,30,35);6-11,20,23H,1,12-18H2,2-5H3,(H,28,29)(H,30,35)/t24-;20?,21?,24-;20?,23-;23-/m1111/s1. The van der Waals surface area contributed by atoms with E-state index in [1.807, 2.05) is 171 Å². The number of amides is 13. The van der Waals surface area contributed by atoms with Crippen LogP contribution < -0.4 is 53.2 Å². The smallest absolute Gasteiger partial charge is 0.318 e. The summed E-state index contributed by atoms with van der Waals surface area (Å²) in [5.74, 6) is 2.49. The number of nitrogens with zero attached hydrogens (tertiary/aromatic N) is 14. The summed E-state index contributed by atoms with van der Waals surface area (Å²) in [6.07, 6.45) is 14.6. The monoisotopic (exact) mass is 1960 g/mol. The first kappa shape index (κ1) is 106. The maximum atomic E-state index is 13.6. The van der Waals surface area contributed by atoms with Gasteiger partial charge in [-0.3, -0.25) is 43.9 Å². The molecule has 1 spiro atoms. The van der Waals surface area contributed by atoms with Crippen molar-refractivity contribution < 1.29 is 43.2 Å². The van der Waals surface area contributed by atoms with E-state index in [4.69, 9.17) is 15.0 Å². The molecule has 2 saturated heterocycles. The predicted octanol–water partition coefficient (Wildman–Crippen LogP) is 11.3. The van der Waals surface area contributed by atoms with Gasteiger partial charge in [-0.25, -0.2) is 19.2 Å². The second-order valence-electron chi connectivity index (χ2n) is 41.8. The Labute approximate surface area is 849 Å². The summed E-state index contributed by atoms with van der Waals surface area (Å²) in [5, 5.41) is 32.6. The molecule has 766 valence electrons. The number of urea groups is 4. The Kier molecular flexibility index (Phi) is 34.5. The van der Waals surface area contributed by atoms with E-state index >= 15 is 0 Å². The van der Waals surface area contributed by atoms with Crippen LogP contribution in [0.3, 0.4) is 0 Å². The van der Waals surface area contributed by atoms with Crippen LogP contribution in [0, 0.1) is 0 Å². The molecule has 0 bridgehead atoms. The highest BCUT2D eigenvalue weighted by Gasteiger charge is 2.60. The van der Waals surface area contributed by atoms with Crippen molar-refractivity contribution in [3.63, 3.8) is 0 Å². The Hall–Kier alpha value is -13.6. The van der Waals surface area contributed by atoms with Gasteiger partial charge in [-0.15, -0.1) is 0 Å². The summed E-state index contributed by atoms with van der Waals surface area (Å²) < 4.78 is 0. The Morgan fingerprint density at radius 2 is 0.701 bits per heavy atom. The molecular formula is C111H148N24O9. The summed E-state index contributed by atoms with van der Waals surface area (Å²) in [7, 11) is 16.1. The zero-order valence-electron chi connectivity index (χ0n) is 86.4. The first-order valence-corrected chi connectivity index (χ1v) is 50.5. The molecule has 10 N–H and O–H groups in total. The van der Waals surface area contributed by atoms with E-state index in [0.29, 0.717) is 108 Å². The maximum absolute atomic E-state index is 13.6. The SMILES string of the molecule is C=CC(=O)N1CCC(NC2=NCC3=C2CN(C(=O)N[C@H](CN(C)C)c2ccccc2)C3(C)C)CC1.C=CC(=O)N1CCCC(NC2=NCC3=C2CN(C(=O)N[C@H](CN(C)C)c2ccccc2)C3(C)C)C1.C=CC(=O)NC1CCC(NC2=NCC3=C2CN(C(=O)N[C@H](CN(C)C)c2ccccc2)C3(C)C)CC1.C=CC(=O)Nc1ccc(C(=O)NC2=NCC3=C2CN(C(=O)N[C@H](CN(C)C)c2ccccc2)C32CC2)cc1. The molecule has 2 saturated carbocycles. The molecule has 1 unspecified atom stereocenters. The van der Waals surface area contributed by atoms with Gasteiger partial charge in [0.1, 0.15) is 23.3 Å². The van der Waals surface area contributed by atoms with E-state index in [2.05, 4.69) is 182 Å². The fourth-order valence-corrected chi connectivity index (χ4v) is 21.4. The zero-order chi connectivity index (χ0) is 103. The number of aliphatic imine (C=N–C) groups is 4. The van der Waals surface area contributed by atoms with Crippen molar-refractivity contribution in [1.82, 2.24) is 96.9 Å². The van der Waals surface area contributed by atoms with Crippen LogP contribution in [0.25, 0.3) is 0 Å². The Balaban J connectivity index is 0.000000152. The van der Waals surface area contributed by atoms with Crippen molar-refractivity contribution in [2.45, 2.75) is 176 Å². The number of nitrogens with one attached hydrogen (secondary N) is 10. The van der Waals surface area contributed by atoms with Crippen molar-refractivity contribution >= 4 is 82.7 Å². The molecule has 4 fully saturated rings. The Morgan fingerprint density at radius 3 is 1.07 bits per heavy atom. The minimum absolute atomic E-state index is 0.00563. The van der Waals surface area contributed by atoms with Crippen molar-refractivity contribution in [3.8, 4) is 0 Å². The van der Waals surface area contributed by atoms with Gasteiger partial charge < -0.3 is 102 Å². The number of likely N-dealkylation sites (tertiary alicyclic amines) is 2. The average Bonchev–Trinajstić information content (AvgIpc) is 1.53. The summed E-state index contributed by atoms with van der Waals surface area (Å²) in [6.45, 7) is 36.8. The van der Waals surface area contributed by atoms with Crippen LogP contribution in [0.1, 0.15) is 163 Å². The van der Waals surface area contributed by atoms with Crippen LogP contribution in [0.2, 0.25) is 0 Å². The van der Waals surface area contributed by atoms with Crippen LogP contribution in [0.4, 0.5) is 24.9 Å². The summed E-state index contributed by atoms with van der Waals surface area (Å²) in [5.41, 5.74) is 12.9. The molecule has 17 rings (SSSR count). The third-order valence-corrected chi connectivity index (χ3v) is 29.7. The molecule has 0 radical (unpaired) electrons. The van der Waals surface area contributed by atoms with Crippen LogP contribution in [0.15, 0.2) is 261 Å². The average molecular weight is 1960 g/mol. The quantitative estimate of drug-likeness (QED) is 0.0230. The van der Waals surface area contributed by atoms with Crippen molar-refractivity contribution in [3.05, 3.63) is 269 Å². The minimum atomic E-state index is -0.427. The van der Waals surface area contributed by atoms with Gasteiger partial charge in [0.25, 0.3) is 5.91 Å². The van der Waals surface area contributed by atoms with Gasteiger partial charge in [-0.1, -0.05) is 148 Å². The number of piperidine rings is 2. The van der Waals surface area contributed by atoms with Gasteiger partial charge in [0.2, 0.25) is 23.6 Å². The second-order valence-corrected chi connectivity index (χ2v) is 41.8. The van der Waals surface area contributed by atoms with Crippen molar-refractivity contribution in [2.24, 2.45) is 20.0 Å². The lowest BCUT2D eigenvalue weighted by Gasteiger charge is -2.36. The molecule has 33 heteroatoms. The molecular weight excluding hydrogens is 1810 g/mol. The highest BCUT2D eigenvalue weighted by molar-refractivity contribution is 6.15. The number of anilines is 1. The van der Waals surface area contributed by atoms with E-state index in [0.717, 1.165) is 151 Å². The fourth-order valence-electron chi connectivity index (χ4n) is 21.4. The number of hydrogen-bond acceptors (Lipinski definition) is 20. The Morgan fingerprint density at radius 1 is 0.368 bits per heavy atom. The number of amidine groups is 4. The molecule has 10 heterocycles. The number of carbonyl (C=O) groups is 9. The van der Waals surface area contributed by atoms with Crippen LogP contribution in [-0.2, 0) is 19.2 Å². The number of hydrogen-bond donors (Lipinski definition) is 10. The van der Waals surface area contributed by atoms with Crippen molar-refractivity contribution in [2.75, 3.05) is 166 Å².